The van der Waals surface area contributed by atoms with Crippen LogP contribution in [0.3, 0.4) is 0 Å². The van der Waals surface area contributed by atoms with Gasteiger partial charge >= 0.3 is 0 Å². The summed E-state index contributed by atoms with van der Waals surface area (Å²) < 4.78 is 0. The second-order valence-electron chi connectivity index (χ2n) is 5.74. The highest BCUT2D eigenvalue weighted by Gasteiger charge is 2.25. The van der Waals surface area contributed by atoms with Crippen LogP contribution < -0.4 is 5.32 Å². The topological polar surface area (TPSA) is 32.3 Å². The lowest BCUT2D eigenvalue weighted by molar-refractivity contribution is -0.135. The molecule has 0 radical (unpaired) electrons. The average Bonchev–Trinajstić information content (AvgIpc) is 2.35. The first-order valence-electron chi connectivity index (χ1n) is 7.68. The molecule has 3 nitrogen and oxygen atoms in total. The van der Waals surface area contributed by atoms with Crippen LogP contribution in [0.15, 0.2) is 0 Å². The van der Waals surface area contributed by atoms with E-state index in [4.69, 9.17) is 0 Å². The molecule has 1 aliphatic rings. The van der Waals surface area contributed by atoms with Crippen molar-refractivity contribution in [3.8, 4) is 0 Å². The van der Waals surface area contributed by atoms with Gasteiger partial charge in [-0.1, -0.05) is 27.2 Å². The molecule has 0 aromatic rings. The molecule has 106 valence electrons. The average molecular weight is 254 g/mol. The Morgan fingerprint density at radius 2 is 2.17 bits per heavy atom. The van der Waals surface area contributed by atoms with Crippen molar-refractivity contribution in [2.75, 3.05) is 13.1 Å². The van der Waals surface area contributed by atoms with Crippen molar-refractivity contribution >= 4 is 5.91 Å². The second-order valence-corrected chi connectivity index (χ2v) is 5.74. The number of carbonyl (C=O) groups excluding carboxylic acids is 1. The van der Waals surface area contributed by atoms with Crippen LogP contribution in [-0.4, -0.2) is 36.0 Å². The first kappa shape index (κ1) is 15.5. The molecule has 1 aliphatic heterocycles. The van der Waals surface area contributed by atoms with Crippen LogP contribution in [-0.2, 0) is 4.79 Å². The minimum atomic E-state index is 0.374. The maximum atomic E-state index is 12.2. The quantitative estimate of drug-likeness (QED) is 0.708. The Bertz CT molecular complexity index is 239. The van der Waals surface area contributed by atoms with Crippen LogP contribution in [0.4, 0.5) is 0 Å². The van der Waals surface area contributed by atoms with Crippen LogP contribution in [0, 0.1) is 0 Å². The number of nitrogens with zero attached hydrogens (tertiary/aromatic N) is 1. The molecule has 0 aromatic carbocycles. The Balaban J connectivity index is 2.29. The Morgan fingerprint density at radius 1 is 1.39 bits per heavy atom. The Morgan fingerprint density at radius 3 is 2.83 bits per heavy atom. The molecule has 0 spiro atoms. The van der Waals surface area contributed by atoms with Crippen molar-refractivity contribution < 1.29 is 4.79 Å². The molecular weight excluding hydrogens is 224 g/mol. The lowest BCUT2D eigenvalue weighted by atomic mass is 9.97. The zero-order valence-electron chi connectivity index (χ0n) is 12.4. The highest BCUT2D eigenvalue weighted by atomic mass is 16.2. The third kappa shape index (κ3) is 5.38. The largest absolute Gasteiger partial charge is 0.340 e. The standard InChI is InChI=1S/C15H30N2O/c1-4-8-14-9-5-6-12-17(14)15(18)10-7-11-16-13(2)3/h13-14,16H,4-12H2,1-3H3. The summed E-state index contributed by atoms with van der Waals surface area (Å²) in [5.74, 6) is 0.374. The maximum absolute atomic E-state index is 12.2. The minimum Gasteiger partial charge on any atom is -0.340 e. The molecule has 1 N–H and O–H groups in total. The van der Waals surface area contributed by atoms with Crippen molar-refractivity contribution in [2.24, 2.45) is 0 Å². The van der Waals surface area contributed by atoms with Crippen molar-refractivity contribution in [1.29, 1.82) is 0 Å². The Hall–Kier alpha value is -0.570. The van der Waals surface area contributed by atoms with Gasteiger partial charge in [0.1, 0.15) is 0 Å². The summed E-state index contributed by atoms with van der Waals surface area (Å²) in [5, 5.41) is 3.37. The van der Waals surface area contributed by atoms with E-state index < -0.39 is 0 Å². The summed E-state index contributed by atoms with van der Waals surface area (Å²) in [6, 6.07) is 1.04. The fraction of sp³-hybridized carbons (Fsp3) is 0.933. The third-order valence-corrected chi connectivity index (χ3v) is 3.69. The van der Waals surface area contributed by atoms with E-state index in [9.17, 15) is 4.79 Å². The second kappa shape index (κ2) is 8.52. The summed E-state index contributed by atoms with van der Waals surface area (Å²) in [4.78, 5) is 14.4. The van der Waals surface area contributed by atoms with E-state index in [2.05, 4.69) is 31.0 Å². The van der Waals surface area contributed by atoms with Crippen LogP contribution in [0.25, 0.3) is 0 Å². The molecule has 0 aromatic heterocycles. The monoisotopic (exact) mass is 254 g/mol. The molecule has 1 saturated heterocycles. The van der Waals surface area contributed by atoms with Gasteiger partial charge in [-0.2, -0.15) is 0 Å². The number of likely N-dealkylation sites (tertiary alicyclic amines) is 1. The smallest absolute Gasteiger partial charge is 0.222 e. The molecule has 1 unspecified atom stereocenters. The van der Waals surface area contributed by atoms with E-state index in [0.717, 1.165) is 19.5 Å². The van der Waals surface area contributed by atoms with Crippen molar-refractivity contribution in [3.05, 3.63) is 0 Å². The molecule has 1 atom stereocenters. The van der Waals surface area contributed by atoms with Crippen molar-refractivity contribution in [1.82, 2.24) is 10.2 Å². The van der Waals surface area contributed by atoms with Gasteiger partial charge in [0, 0.05) is 25.0 Å². The van der Waals surface area contributed by atoms with E-state index in [-0.39, 0.29) is 0 Å². The van der Waals surface area contributed by atoms with Gasteiger partial charge in [0.15, 0.2) is 0 Å². The summed E-state index contributed by atoms with van der Waals surface area (Å²) in [7, 11) is 0. The first-order valence-corrected chi connectivity index (χ1v) is 7.68. The predicted molar refractivity (Wildman–Crippen MR) is 76.6 cm³/mol. The van der Waals surface area contributed by atoms with Gasteiger partial charge in [0.25, 0.3) is 0 Å². The molecule has 0 saturated carbocycles. The van der Waals surface area contributed by atoms with E-state index in [0.29, 0.717) is 24.4 Å². The molecular formula is C15H30N2O. The number of hydrogen-bond donors (Lipinski definition) is 1. The van der Waals surface area contributed by atoms with Gasteiger partial charge in [-0.25, -0.2) is 0 Å². The van der Waals surface area contributed by atoms with Gasteiger partial charge < -0.3 is 10.2 Å². The van der Waals surface area contributed by atoms with Crippen LogP contribution in [0.1, 0.15) is 65.7 Å². The number of nitrogens with one attached hydrogen (secondary N) is 1. The Labute approximate surface area is 112 Å². The zero-order chi connectivity index (χ0) is 13.4. The van der Waals surface area contributed by atoms with E-state index >= 15 is 0 Å². The maximum Gasteiger partial charge on any atom is 0.222 e. The minimum absolute atomic E-state index is 0.374. The molecule has 1 amide bonds. The molecule has 3 heteroatoms. The van der Waals surface area contributed by atoms with Gasteiger partial charge in [-0.3, -0.25) is 4.79 Å². The molecule has 1 heterocycles. The number of hydrogen-bond acceptors (Lipinski definition) is 2. The van der Waals surface area contributed by atoms with Crippen molar-refractivity contribution in [2.45, 2.75) is 77.8 Å². The highest BCUT2D eigenvalue weighted by molar-refractivity contribution is 5.76. The fourth-order valence-corrected chi connectivity index (χ4v) is 2.74. The molecule has 1 rings (SSSR count). The third-order valence-electron chi connectivity index (χ3n) is 3.69. The van der Waals surface area contributed by atoms with Crippen LogP contribution in [0.2, 0.25) is 0 Å². The van der Waals surface area contributed by atoms with Gasteiger partial charge in [0.05, 0.1) is 0 Å². The highest BCUT2D eigenvalue weighted by Crippen LogP contribution is 2.21. The summed E-state index contributed by atoms with van der Waals surface area (Å²) in [5.41, 5.74) is 0. The number of piperidine rings is 1. The molecule has 0 bridgehead atoms. The summed E-state index contributed by atoms with van der Waals surface area (Å²) in [6.07, 6.45) is 7.73. The summed E-state index contributed by atoms with van der Waals surface area (Å²) in [6.45, 7) is 8.44. The lowest BCUT2D eigenvalue weighted by Gasteiger charge is -2.36. The number of rotatable bonds is 7. The van der Waals surface area contributed by atoms with Gasteiger partial charge in [-0.15, -0.1) is 0 Å². The first-order chi connectivity index (χ1) is 8.65. The van der Waals surface area contributed by atoms with Gasteiger partial charge in [-0.05, 0) is 38.6 Å². The summed E-state index contributed by atoms with van der Waals surface area (Å²) >= 11 is 0. The fourth-order valence-electron chi connectivity index (χ4n) is 2.74. The number of carbonyl (C=O) groups is 1. The van der Waals surface area contributed by atoms with E-state index in [1.807, 2.05) is 0 Å². The predicted octanol–water partition coefficient (Wildman–Crippen LogP) is 2.95. The van der Waals surface area contributed by atoms with Crippen LogP contribution in [0.5, 0.6) is 0 Å². The SMILES string of the molecule is CCCC1CCCCN1C(=O)CCCNC(C)C. The van der Waals surface area contributed by atoms with Crippen molar-refractivity contribution in [3.63, 3.8) is 0 Å². The lowest BCUT2D eigenvalue weighted by Crippen LogP contribution is -2.43. The van der Waals surface area contributed by atoms with Gasteiger partial charge in [0.2, 0.25) is 5.91 Å². The molecule has 1 fully saturated rings. The number of amides is 1. The zero-order valence-corrected chi connectivity index (χ0v) is 12.4. The molecule has 0 aliphatic carbocycles. The Kier molecular flexibility index (Phi) is 7.33. The van der Waals surface area contributed by atoms with E-state index in [1.165, 1.54) is 32.1 Å². The normalized spacial score (nSPS) is 20.4. The molecule has 18 heavy (non-hydrogen) atoms. The van der Waals surface area contributed by atoms with Crippen LogP contribution >= 0.6 is 0 Å². The van der Waals surface area contributed by atoms with E-state index in [1.54, 1.807) is 0 Å².